The third kappa shape index (κ3) is 4.22. The van der Waals surface area contributed by atoms with E-state index < -0.39 is 23.3 Å². The van der Waals surface area contributed by atoms with Crippen LogP contribution in [0.5, 0.6) is 0 Å². The number of carbonyl (C=O) groups excluding carboxylic acids is 2. The van der Waals surface area contributed by atoms with E-state index in [2.05, 4.69) is 10.3 Å². The van der Waals surface area contributed by atoms with Gasteiger partial charge in [0.25, 0.3) is 5.91 Å². The Labute approximate surface area is 206 Å². The molecule has 34 heavy (non-hydrogen) atoms. The van der Waals surface area contributed by atoms with Crippen LogP contribution in [0, 0.1) is 0 Å². The van der Waals surface area contributed by atoms with Crippen LogP contribution in [0.3, 0.4) is 0 Å². The number of aliphatic carboxylic acids is 1. The fourth-order valence-corrected chi connectivity index (χ4v) is 7.66. The highest BCUT2D eigenvalue weighted by molar-refractivity contribution is 8.07. The van der Waals surface area contributed by atoms with Crippen molar-refractivity contribution in [3.05, 3.63) is 81.2 Å². The minimum absolute atomic E-state index is 0.0956. The molecule has 2 aliphatic rings. The van der Waals surface area contributed by atoms with Crippen molar-refractivity contribution in [1.82, 2.24) is 15.2 Å². The zero-order valence-corrected chi connectivity index (χ0v) is 19.9. The number of hydrogen-bond donors (Lipinski definition) is 2. The summed E-state index contributed by atoms with van der Waals surface area (Å²) in [5.74, 6) is -1.61. The van der Waals surface area contributed by atoms with Gasteiger partial charge in [0.1, 0.15) is 17.1 Å². The fourth-order valence-electron chi connectivity index (χ4n) is 3.83. The van der Waals surface area contributed by atoms with Crippen molar-refractivity contribution in [2.45, 2.75) is 22.0 Å². The van der Waals surface area contributed by atoms with Crippen LogP contribution in [-0.4, -0.2) is 49.9 Å². The molecule has 4 heterocycles. The third-order valence-corrected chi connectivity index (χ3v) is 9.15. The van der Waals surface area contributed by atoms with Crippen LogP contribution >= 0.6 is 34.9 Å². The van der Waals surface area contributed by atoms with Crippen molar-refractivity contribution < 1.29 is 19.5 Å². The summed E-state index contributed by atoms with van der Waals surface area (Å²) in [6.45, 7) is 0. The van der Waals surface area contributed by atoms with Gasteiger partial charge in [-0.3, -0.25) is 24.3 Å². The SMILES string of the molecule is O=C(Cc1ccccc1)NC1C(=O)N2C(C(=O)O)=C(Sc3cc(=O)c4cnccc4s3)CS[C@@H]12. The number of aromatic nitrogens is 1. The van der Waals surface area contributed by atoms with E-state index in [9.17, 15) is 24.3 Å². The van der Waals surface area contributed by atoms with Gasteiger partial charge >= 0.3 is 5.97 Å². The van der Waals surface area contributed by atoms with Crippen LogP contribution in [0.1, 0.15) is 5.56 Å². The minimum atomic E-state index is -1.22. The van der Waals surface area contributed by atoms with Crippen LogP contribution in [0.15, 0.2) is 74.5 Å². The molecule has 2 atom stereocenters. The Hall–Kier alpha value is -3.15. The molecule has 0 aliphatic carbocycles. The average molecular weight is 512 g/mol. The molecule has 1 unspecified atom stereocenters. The molecule has 2 amide bonds. The topological polar surface area (TPSA) is 117 Å². The molecule has 0 spiro atoms. The molecule has 5 rings (SSSR count). The molecule has 1 aromatic carbocycles. The van der Waals surface area contributed by atoms with Gasteiger partial charge in [-0.25, -0.2) is 4.79 Å². The number of pyridine rings is 1. The maximum absolute atomic E-state index is 12.9. The number of nitrogens with one attached hydrogen (secondary N) is 1. The number of fused-ring (bicyclic) bond motifs is 2. The first-order valence-corrected chi connectivity index (χ1v) is 12.9. The lowest BCUT2D eigenvalue weighted by molar-refractivity contribution is -0.150. The van der Waals surface area contributed by atoms with Gasteiger partial charge in [-0.15, -0.1) is 23.1 Å². The number of rotatable bonds is 6. The van der Waals surface area contributed by atoms with E-state index in [0.717, 1.165) is 10.3 Å². The van der Waals surface area contributed by atoms with E-state index in [1.54, 1.807) is 12.3 Å². The molecule has 0 saturated carbocycles. The first kappa shape index (κ1) is 22.6. The molecule has 1 saturated heterocycles. The molecule has 2 N–H and O–H groups in total. The highest BCUT2D eigenvalue weighted by atomic mass is 32.2. The second kappa shape index (κ2) is 9.24. The Balaban J connectivity index is 1.35. The van der Waals surface area contributed by atoms with Gasteiger partial charge < -0.3 is 10.4 Å². The van der Waals surface area contributed by atoms with Gasteiger partial charge in [-0.05, 0) is 11.6 Å². The first-order valence-electron chi connectivity index (χ1n) is 10.2. The lowest BCUT2D eigenvalue weighted by Crippen LogP contribution is -2.70. The molecule has 172 valence electrons. The van der Waals surface area contributed by atoms with Crippen LogP contribution in [-0.2, 0) is 20.8 Å². The zero-order valence-electron chi connectivity index (χ0n) is 17.5. The van der Waals surface area contributed by atoms with Gasteiger partial charge in [0.15, 0.2) is 5.43 Å². The Kier molecular flexibility index (Phi) is 6.15. The number of nitrogens with zero attached hydrogens (tertiary/aromatic N) is 2. The lowest BCUT2D eigenvalue weighted by atomic mass is 10.0. The standard InChI is InChI=1S/C23H17N3O5S3/c27-14-9-18(33-15-6-7-24-10-13(14)15)34-16-11-32-22-19(21(29)26(22)20(16)23(30)31)25-17(28)8-12-4-2-1-3-5-12/h1-7,9-10,19,22H,8,11H2,(H,25,28)(H,30,31)/t19?,22-/m0/s1. The maximum atomic E-state index is 12.9. The highest BCUT2D eigenvalue weighted by Gasteiger charge is 2.54. The smallest absolute Gasteiger partial charge is 0.353 e. The molecule has 0 radical (unpaired) electrons. The predicted molar refractivity (Wildman–Crippen MR) is 132 cm³/mol. The predicted octanol–water partition coefficient (Wildman–Crippen LogP) is 2.69. The Morgan fingerprint density at radius 3 is 2.76 bits per heavy atom. The van der Waals surface area contributed by atoms with E-state index in [1.807, 2.05) is 30.3 Å². The second-order valence-corrected chi connectivity index (χ2v) is 11.2. The van der Waals surface area contributed by atoms with Gasteiger partial charge in [0.2, 0.25) is 5.91 Å². The summed E-state index contributed by atoms with van der Waals surface area (Å²) >= 11 is 3.94. The van der Waals surface area contributed by atoms with Crippen LogP contribution in [0.2, 0.25) is 0 Å². The summed E-state index contributed by atoms with van der Waals surface area (Å²) in [7, 11) is 0. The Morgan fingerprint density at radius 1 is 1.21 bits per heavy atom. The van der Waals surface area contributed by atoms with Gasteiger partial charge in [-0.2, -0.15) is 0 Å². The molecule has 2 aliphatic heterocycles. The van der Waals surface area contributed by atoms with Gasteiger partial charge in [0.05, 0.1) is 16.0 Å². The van der Waals surface area contributed by atoms with Crippen molar-refractivity contribution in [2.24, 2.45) is 0 Å². The van der Waals surface area contributed by atoms with E-state index in [0.29, 0.717) is 20.3 Å². The molecule has 0 bridgehead atoms. The molecule has 3 aromatic rings. The van der Waals surface area contributed by atoms with Crippen LogP contribution in [0.4, 0.5) is 0 Å². The molecule has 1 fully saturated rings. The summed E-state index contributed by atoms with van der Waals surface area (Å²) < 4.78 is 1.39. The number of carboxylic acids is 1. The number of amides is 2. The summed E-state index contributed by atoms with van der Waals surface area (Å²) in [5.41, 5.74) is 0.543. The van der Waals surface area contributed by atoms with E-state index in [1.165, 1.54) is 52.0 Å². The normalized spacial score (nSPS) is 19.5. The third-order valence-electron chi connectivity index (χ3n) is 5.39. The highest BCUT2D eigenvalue weighted by Crippen LogP contribution is 2.46. The Morgan fingerprint density at radius 2 is 2.00 bits per heavy atom. The molecular weight excluding hydrogens is 494 g/mol. The molecule has 11 heteroatoms. The summed E-state index contributed by atoms with van der Waals surface area (Å²) in [6.07, 6.45) is 3.25. The monoisotopic (exact) mass is 511 g/mol. The van der Waals surface area contributed by atoms with Crippen molar-refractivity contribution in [1.29, 1.82) is 0 Å². The van der Waals surface area contributed by atoms with Crippen LogP contribution < -0.4 is 10.7 Å². The average Bonchev–Trinajstić information content (AvgIpc) is 2.83. The fraction of sp³-hybridized carbons (Fsp3) is 0.174. The molecular formula is C23H17N3O5S3. The zero-order chi connectivity index (χ0) is 23.8. The quantitative estimate of drug-likeness (QED) is 0.485. The minimum Gasteiger partial charge on any atom is -0.477 e. The summed E-state index contributed by atoms with van der Waals surface area (Å²) in [6, 6.07) is 11.6. The number of carboxylic acid groups (broad SMARTS) is 1. The maximum Gasteiger partial charge on any atom is 0.353 e. The Bertz CT molecular complexity index is 1410. The second-order valence-electron chi connectivity index (χ2n) is 7.60. The van der Waals surface area contributed by atoms with E-state index in [-0.39, 0.29) is 23.5 Å². The van der Waals surface area contributed by atoms with Gasteiger partial charge in [-0.1, -0.05) is 42.1 Å². The molecule has 8 nitrogen and oxygen atoms in total. The summed E-state index contributed by atoms with van der Waals surface area (Å²) in [4.78, 5) is 55.5. The lowest BCUT2D eigenvalue weighted by Gasteiger charge is -2.49. The largest absolute Gasteiger partial charge is 0.477 e. The van der Waals surface area contributed by atoms with Crippen molar-refractivity contribution in [3.8, 4) is 0 Å². The first-order chi connectivity index (χ1) is 16.4. The van der Waals surface area contributed by atoms with Gasteiger partial charge in [0, 0.05) is 33.8 Å². The summed E-state index contributed by atoms with van der Waals surface area (Å²) in [5, 5.41) is 12.7. The van der Waals surface area contributed by atoms with Crippen LogP contribution in [0.25, 0.3) is 10.1 Å². The van der Waals surface area contributed by atoms with Crippen molar-refractivity contribution >= 4 is 62.7 Å². The van der Waals surface area contributed by atoms with Crippen molar-refractivity contribution in [2.75, 3.05) is 5.75 Å². The number of β-lactam (4-membered cyclic amide) rings is 1. The number of benzene rings is 1. The number of hydrogen-bond acceptors (Lipinski definition) is 8. The number of carbonyl (C=O) groups is 3. The number of thioether (sulfide) groups is 2. The van der Waals surface area contributed by atoms with Crippen molar-refractivity contribution in [3.63, 3.8) is 0 Å². The van der Waals surface area contributed by atoms with E-state index in [4.69, 9.17) is 0 Å². The molecule has 2 aromatic heterocycles. The van der Waals surface area contributed by atoms with E-state index >= 15 is 0 Å².